The maximum atomic E-state index is 12.5. The van der Waals surface area contributed by atoms with Crippen LogP contribution in [0.1, 0.15) is 27.4 Å². The number of rotatable bonds is 4. The molecule has 0 unspecified atom stereocenters. The number of hydrogen-bond donors (Lipinski definition) is 2. The van der Waals surface area contributed by atoms with Crippen LogP contribution in [0.15, 0.2) is 60.7 Å². The predicted molar refractivity (Wildman–Crippen MR) is 113 cm³/mol. The molecule has 2 N–H and O–H groups in total. The van der Waals surface area contributed by atoms with Crippen LogP contribution in [-0.2, 0) is 4.74 Å². The fourth-order valence-corrected chi connectivity index (χ4v) is 4.11. The third kappa shape index (κ3) is 3.44. The number of aromatic carboxylic acids is 1. The van der Waals surface area contributed by atoms with E-state index in [9.17, 15) is 14.7 Å². The van der Waals surface area contributed by atoms with E-state index < -0.39 is 12.1 Å². The van der Waals surface area contributed by atoms with Gasteiger partial charge in [-0.2, -0.15) is 0 Å². The van der Waals surface area contributed by atoms with Crippen molar-refractivity contribution in [1.29, 1.82) is 0 Å². The van der Waals surface area contributed by atoms with Crippen LogP contribution in [0.2, 0.25) is 0 Å². The minimum Gasteiger partial charge on any atom is -0.486 e. The minimum atomic E-state index is -1.19. The number of amides is 1. The molecule has 0 radical (unpaired) electrons. The van der Waals surface area contributed by atoms with Gasteiger partial charge in [0, 0.05) is 18.1 Å². The Morgan fingerprint density at radius 3 is 2.13 bits per heavy atom. The zero-order valence-corrected chi connectivity index (χ0v) is 16.5. The Morgan fingerprint density at radius 2 is 1.52 bits per heavy atom. The zero-order chi connectivity index (χ0) is 21.4. The number of carboxylic acid groups (broad SMARTS) is 1. The van der Waals surface area contributed by atoms with Crippen LogP contribution >= 0.6 is 0 Å². The smallest absolute Gasteiger partial charge is 0.411 e. The largest absolute Gasteiger partial charge is 0.486 e. The van der Waals surface area contributed by atoms with Gasteiger partial charge in [0.2, 0.25) is 0 Å². The summed E-state index contributed by atoms with van der Waals surface area (Å²) in [4.78, 5) is 24.2. The van der Waals surface area contributed by atoms with Crippen molar-refractivity contribution in [3.05, 3.63) is 77.4 Å². The monoisotopic (exact) mass is 417 g/mol. The number of carbonyl (C=O) groups excluding carboxylic acids is 1. The van der Waals surface area contributed by atoms with E-state index >= 15 is 0 Å². The van der Waals surface area contributed by atoms with E-state index in [1.807, 2.05) is 36.4 Å². The fraction of sp³-hybridized carbons (Fsp3) is 0.167. The number of carbonyl (C=O) groups is 2. The molecule has 0 saturated carbocycles. The molecule has 1 heterocycles. The molecule has 7 nitrogen and oxygen atoms in total. The summed E-state index contributed by atoms with van der Waals surface area (Å²) in [5.41, 5.74) is 4.45. The summed E-state index contributed by atoms with van der Waals surface area (Å²) in [5.74, 6) is -0.560. The van der Waals surface area contributed by atoms with Crippen molar-refractivity contribution in [2.45, 2.75) is 5.92 Å². The molecule has 5 rings (SSSR count). The third-order valence-corrected chi connectivity index (χ3v) is 5.49. The van der Waals surface area contributed by atoms with Gasteiger partial charge in [0.15, 0.2) is 11.5 Å². The molecule has 3 aromatic carbocycles. The van der Waals surface area contributed by atoms with Gasteiger partial charge < -0.3 is 19.3 Å². The summed E-state index contributed by atoms with van der Waals surface area (Å²) < 4.78 is 16.4. The summed E-state index contributed by atoms with van der Waals surface area (Å²) in [6, 6.07) is 18.9. The molecule has 3 aromatic rings. The molecular weight excluding hydrogens is 398 g/mol. The van der Waals surface area contributed by atoms with E-state index in [0.717, 1.165) is 22.3 Å². The van der Waals surface area contributed by atoms with Crippen molar-refractivity contribution in [3.8, 4) is 22.6 Å². The van der Waals surface area contributed by atoms with Crippen LogP contribution < -0.4 is 14.8 Å². The Bertz CT molecular complexity index is 1140. The van der Waals surface area contributed by atoms with Crippen molar-refractivity contribution in [2.24, 2.45) is 0 Å². The van der Waals surface area contributed by atoms with Crippen molar-refractivity contribution in [3.63, 3.8) is 0 Å². The maximum absolute atomic E-state index is 12.5. The van der Waals surface area contributed by atoms with Gasteiger partial charge in [0.25, 0.3) is 0 Å². The summed E-state index contributed by atoms with van der Waals surface area (Å²) >= 11 is 0. The van der Waals surface area contributed by atoms with Gasteiger partial charge in [-0.1, -0.05) is 48.5 Å². The summed E-state index contributed by atoms with van der Waals surface area (Å²) in [6.45, 7) is 0.821. The number of benzene rings is 3. The third-order valence-electron chi connectivity index (χ3n) is 5.49. The number of anilines is 1. The van der Waals surface area contributed by atoms with Crippen LogP contribution in [0.4, 0.5) is 10.5 Å². The summed E-state index contributed by atoms with van der Waals surface area (Å²) in [5, 5.41) is 12.0. The van der Waals surface area contributed by atoms with E-state index in [1.165, 1.54) is 12.1 Å². The molecule has 0 atom stereocenters. The van der Waals surface area contributed by atoms with Crippen LogP contribution in [0.3, 0.4) is 0 Å². The van der Waals surface area contributed by atoms with Gasteiger partial charge in [-0.05, 0) is 22.3 Å². The van der Waals surface area contributed by atoms with Gasteiger partial charge in [-0.25, -0.2) is 9.59 Å². The Kier molecular flexibility index (Phi) is 4.71. The van der Waals surface area contributed by atoms with Gasteiger partial charge in [-0.3, -0.25) is 5.32 Å². The van der Waals surface area contributed by atoms with Gasteiger partial charge in [0.1, 0.15) is 19.8 Å². The minimum absolute atomic E-state index is 0.0858. The molecule has 1 amide bonds. The Hall–Kier alpha value is -4.00. The quantitative estimate of drug-likeness (QED) is 0.648. The van der Waals surface area contributed by atoms with E-state index in [2.05, 4.69) is 17.4 Å². The van der Waals surface area contributed by atoms with Crippen molar-refractivity contribution in [1.82, 2.24) is 0 Å². The van der Waals surface area contributed by atoms with Gasteiger partial charge in [0.05, 0.1) is 11.3 Å². The molecule has 0 fully saturated rings. The number of carboxylic acids is 1. The molecule has 0 bridgehead atoms. The number of nitrogens with one attached hydrogen (secondary N) is 1. The SMILES string of the molecule is O=C(Nc1cc2c(cc1C(=O)O)OCCO2)OCC1c2ccccc2-c2ccccc21. The molecule has 2 aliphatic rings. The zero-order valence-electron chi connectivity index (χ0n) is 16.5. The lowest BCUT2D eigenvalue weighted by atomic mass is 9.98. The Morgan fingerprint density at radius 1 is 0.935 bits per heavy atom. The normalized spacial score (nSPS) is 13.8. The van der Waals surface area contributed by atoms with Crippen molar-refractivity contribution in [2.75, 3.05) is 25.1 Å². The lowest BCUT2D eigenvalue weighted by molar-refractivity contribution is 0.0697. The first-order valence-corrected chi connectivity index (χ1v) is 9.91. The van der Waals surface area contributed by atoms with E-state index in [-0.39, 0.29) is 23.8 Å². The first kappa shape index (κ1) is 19.0. The molecule has 1 aliphatic carbocycles. The topological polar surface area (TPSA) is 94.1 Å². The highest BCUT2D eigenvalue weighted by atomic mass is 16.6. The maximum Gasteiger partial charge on any atom is 0.411 e. The number of hydrogen-bond acceptors (Lipinski definition) is 5. The van der Waals surface area contributed by atoms with Gasteiger partial charge >= 0.3 is 12.1 Å². The van der Waals surface area contributed by atoms with Crippen molar-refractivity contribution < 1.29 is 28.9 Å². The summed E-state index contributed by atoms with van der Waals surface area (Å²) in [7, 11) is 0. The lowest BCUT2D eigenvalue weighted by Gasteiger charge is -2.20. The average molecular weight is 417 g/mol. The number of ether oxygens (including phenoxy) is 3. The first-order valence-electron chi connectivity index (χ1n) is 9.91. The highest BCUT2D eigenvalue weighted by Gasteiger charge is 2.29. The van der Waals surface area contributed by atoms with Crippen LogP contribution in [0.25, 0.3) is 11.1 Å². The molecular formula is C24H19NO6. The van der Waals surface area contributed by atoms with Crippen LogP contribution in [-0.4, -0.2) is 37.0 Å². The molecule has 0 spiro atoms. The highest BCUT2D eigenvalue weighted by Crippen LogP contribution is 2.44. The van der Waals surface area contributed by atoms with E-state index in [1.54, 1.807) is 0 Å². The standard InChI is InChI=1S/C24H19NO6/c26-23(27)18-11-21-22(30-10-9-29-21)12-20(18)25-24(28)31-13-19-16-7-3-1-5-14(16)15-6-2-4-8-17(15)19/h1-8,11-12,19H,9-10,13H2,(H,25,28)(H,26,27). The second-order valence-corrected chi connectivity index (χ2v) is 7.30. The molecule has 7 heteroatoms. The Labute approximate surface area is 178 Å². The average Bonchev–Trinajstić information content (AvgIpc) is 3.11. The highest BCUT2D eigenvalue weighted by molar-refractivity contribution is 5.99. The van der Waals surface area contributed by atoms with Crippen LogP contribution in [0.5, 0.6) is 11.5 Å². The molecule has 1 aliphatic heterocycles. The number of fused-ring (bicyclic) bond motifs is 4. The molecule has 0 saturated heterocycles. The van der Waals surface area contributed by atoms with Crippen molar-refractivity contribution >= 4 is 17.7 Å². The van der Waals surface area contributed by atoms with E-state index in [0.29, 0.717) is 24.7 Å². The lowest BCUT2D eigenvalue weighted by Crippen LogP contribution is -2.21. The van der Waals surface area contributed by atoms with E-state index in [4.69, 9.17) is 14.2 Å². The fourth-order valence-electron chi connectivity index (χ4n) is 4.11. The molecule has 31 heavy (non-hydrogen) atoms. The first-order chi connectivity index (χ1) is 15.1. The second kappa shape index (κ2) is 7.68. The molecule has 0 aromatic heterocycles. The van der Waals surface area contributed by atoms with Crippen LogP contribution in [0, 0.1) is 0 Å². The van der Waals surface area contributed by atoms with Gasteiger partial charge in [-0.15, -0.1) is 0 Å². The molecule has 156 valence electrons. The Balaban J connectivity index is 1.35. The second-order valence-electron chi connectivity index (χ2n) is 7.30. The predicted octanol–water partition coefficient (Wildman–Crippen LogP) is 4.52. The summed E-state index contributed by atoms with van der Waals surface area (Å²) in [6.07, 6.45) is -0.735.